The van der Waals surface area contributed by atoms with Crippen LogP contribution in [0, 0.1) is 70.0 Å². The Morgan fingerprint density at radius 3 is 1.75 bits per heavy atom. The number of ether oxygens (including phenoxy) is 1. The third kappa shape index (κ3) is 0.650. The normalized spacial score (nSPS) is 70.3. The molecule has 8 unspecified atom stereocenters. The molecule has 24 heavy (non-hydrogen) atoms. The summed E-state index contributed by atoms with van der Waals surface area (Å²) in [5.74, 6) is 3.28. The molecular weight excluding hydrogens is 300 g/mol. The van der Waals surface area contributed by atoms with Crippen LogP contribution >= 0.6 is 0 Å². The van der Waals surface area contributed by atoms with Crippen molar-refractivity contribution in [1.82, 2.24) is 0 Å². The lowest BCUT2D eigenvalue weighted by molar-refractivity contribution is -0.237. The first-order valence-electron chi connectivity index (χ1n) is 9.40. The fourth-order valence-electron chi connectivity index (χ4n) is 10.6. The Bertz CT molecular complexity index is 827. The van der Waals surface area contributed by atoms with Gasteiger partial charge in [-0.25, -0.2) is 0 Å². The fourth-order valence-corrected chi connectivity index (χ4v) is 10.6. The Balaban J connectivity index is 1.52. The standard InChI is InChI=1S/C21H18O3/c1-6-12-8-5-9-13(12)7(2)21-11-4-3-10(20(6,21)16(8)17(9)21)14-15(11)19(23)24-18(14)22/h3-4,8-17H,1-2,5H2/t8?,9?,10-,11+,12?,13?,14+,15-,16?,17?,20?,21?. The van der Waals surface area contributed by atoms with Crippen LogP contribution in [0.3, 0.4) is 0 Å². The molecule has 9 aliphatic rings. The summed E-state index contributed by atoms with van der Waals surface area (Å²) in [4.78, 5) is 25.0. The van der Waals surface area contributed by atoms with Gasteiger partial charge in [0.05, 0.1) is 11.8 Å². The van der Waals surface area contributed by atoms with Gasteiger partial charge in [0.15, 0.2) is 0 Å². The predicted molar refractivity (Wildman–Crippen MR) is 82.9 cm³/mol. The van der Waals surface area contributed by atoms with E-state index in [1.165, 1.54) is 17.6 Å². The Morgan fingerprint density at radius 1 is 0.833 bits per heavy atom. The number of hydrogen-bond acceptors (Lipinski definition) is 3. The van der Waals surface area contributed by atoms with Gasteiger partial charge in [-0.3, -0.25) is 9.59 Å². The summed E-state index contributed by atoms with van der Waals surface area (Å²) >= 11 is 0. The van der Waals surface area contributed by atoms with E-state index in [0.29, 0.717) is 23.7 Å². The molecule has 3 nitrogen and oxygen atoms in total. The average molecular weight is 318 g/mol. The summed E-state index contributed by atoms with van der Waals surface area (Å²) in [6.07, 6.45) is 5.85. The SMILES string of the molecule is C=C1C2C3CC4C2C(=C)C25C4C3C12[C@@H]1C=C[C@H]5[C@H]2C(=O)OC(=O)[C@H]21. The van der Waals surface area contributed by atoms with Crippen molar-refractivity contribution in [2.45, 2.75) is 6.42 Å². The minimum Gasteiger partial charge on any atom is -0.393 e. The molecule has 0 aromatic rings. The summed E-state index contributed by atoms with van der Waals surface area (Å²) in [7, 11) is 0. The molecule has 3 heteroatoms. The zero-order valence-corrected chi connectivity index (χ0v) is 13.3. The van der Waals surface area contributed by atoms with Crippen molar-refractivity contribution in [3.63, 3.8) is 0 Å². The summed E-state index contributed by atoms with van der Waals surface area (Å²) in [6, 6.07) is 0. The van der Waals surface area contributed by atoms with Gasteiger partial charge in [0.1, 0.15) is 0 Å². The van der Waals surface area contributed by atoms with Crippen LogP contribution in [0.15, 0.2) is 36.5 Å². The van der Waals surface area contributed by atoms with Gasteiger partial charge < -0.3 is 4.74 Å². The van der Waals surface area contributed by atoms with E-state index in [0.717, 1.165) is 11.8 Å². The predicted octanol–water partition coefficient (Wildman–Crippen LogP) is 2.36. The van der Waals surface area contributed by atoms with Crippen LogP contribution in [0.1, 0.15) is 6.42 Å². The van der Waals surface area contributed by atoms with Gasteiger partial charge in [0.2, 0.25) is 0 Å². The molecule has 12 atom stereocenters. The molecule has 7 fully saturated rings. The topological polar surface area (TPSA) is 43.4 Å². The molecule has 2 spiro atoms. The van der Waals surface area contributed by atoms with E-state index >= 15 is 0 Å². The lowest BCUT2D eigenvalue weighted by atomic mass is 9.25. The molecule has 1 heterocycles. The second-order valence-electron chi connectivity index (χ2n) is 9.68. The molecule has 1 aliphatic heterocycles. The van der Waals surface area contributed by atoms with E-state index < -0.39 is 0 Å². The molecule has 1 saturated heterocycles. The van der Waals surface area contributed by atoms with Gasteiger partial charge >= 0.3 is 11.9 Å². The summed E-state index contributed by atoms with van der Waals surface area (Å²) in [6.45, 7) is 9.29. The zero-order valence-electron chi connectivity index (χ0n) is 13.3. The van der Waals surface area contributed by atoms with Crippen molar-refractivity contribution >= 4 is 11.9 Å². The van der Waals surface area contributed by atoms with Crippen LogP contribution in [0.5, 0.6) is 0 Å². The molecular formula is C21H18O3. The first-order valence-corrected chi connectivity index (χ1v) is 9.40. The third-order valence-electron chi connectivity index (χ3n) is 10.3. The largest absolute Gasteiger partial charge is 0.393 e. The van der Waals surface area contributed by atoms with Crippen molar-refractivity contribution in [1.29, 1.82) is 0 Å². The number of esters is 2. The lowest BCUT2D eigenvalue weighted by Crippen LogP contribution is -2.75. The molecule has 0 radical (unpaired) electrons. The van der Waals surface area contributed by atoms with Crippen LogP contribution < -0.4 is 0 Å². The van der Waals surface area contributed by atoms with E-state index in [2.05, 4.69) is 25.3 Å². The molecule has 0 amide bonds. The Kier molecular flexibility index (Phi) is 1.37. The van der Waals surface area contributed by atoms with Crippen molar-refractivity contribution in [3.8, 4) is 0 Å². The maximum Gasteiger partial charge on any atom is 0.318 e. The van der Waals surface area contributed by atoms with Crippen molar-refractivity contribution in [2.75, 3.05) is 0 Å². The third-order valence-corrected chi connectivity index (χ3v) is 10.3. The number of rotatable bonds is 0. The Hall–Kier alpha value is -1.64. The molecule has 0 aromatic carbocycles. The van der Waals surface area contributed by atoms with Gasteiger partial charge in [-0.15, -0.1) is 0 Å². The molecule has 4 bridgehead atoms. The van der Waals surface area contributed by atoms with E-state index in [1.54, 1.807) is 0 Å². The van der Waals surface area contributed by atoms with Crippen LogP contribution in [0.25, 0.3) is 0 Å². The Labute approximate surface area is 139 Å². The minimum absolute atomic E-state index is 0.0239. The Morgan fingerprint density at radius 2 is 1.29 bits per heavy atom. The average Bonchev–Trinajstić information content (AvgIpc) is 3.18. The van der Waals surface area contributed by atoms with Crippen LogP contribution in [-0.4, -0.2) is 11.9 Å². The summed E-state index contributed by atoms with van der Waals surface area (Å²) < 4.78 is 5.14. The highest BCUT2D eigenvalue weighted by atomic mass is 16.6. The van der Waals surface area contributed by atoms with Crippen molar-refractivity contribution in [3.05, 3.63) is 36.5 Å². The fraction of sp³-hybridized carbons (Fsp3) is 0.619. The summed E-state index contributed by atoms with van der Waals surface area (Å²) in [5.41, 5.74) is 2.90. The molecule has 120 valence electrons. The zero-order chi connectivity index (χ0) is 15.9. The van der Waals surface area contributed by atoms with Crippen LogP contribution in [0.4, 0.5) is 0 Å². The quantitative estimate of drug-likeness (QED) is 0.391. The molecule has 6 saturated carbocycles. The number of carbonyl (C=O) groups excluding carboxylic acids is 2. The maximum atomic E-state index is 12.5. The van der Waals surface area contributed by atoms with Gasteiger partial charge in [-0.05, 0) is 41.9 Å². The second kappa shape index (κ2) is 2.79. The smallest absolute Gasteiger partial charge is 0.318 e. The first-order chi connectivity index (χ1) is 11.6. The van der Waals surface area contributed by atoms with Gasteiger partial charge in [0, 0.05) is 22.7 Å². The number of carbonyl (C=O) groups is 2. The van der Waals surface area contributed by atoms with E-state index in [-0.39, 0.29) is 46.4 Å². The molecule has 9 rings (SSSR count). The van der Waals surface area contributed by atoms with Crippen LogP contribution in [-0.2, 0) is 14.3 Å². The monoisotopic (exact) mass is 318 g/mol. The first kappa shape index (κ1) is 11.8. The minimum atomic E-state index is -0.278. The number of cyclic esters (lactones) is 2. The van der Waals surface area contributed by atoms with Crippen molar-refractivity contribution < 1.29 is 14.3 Å². The van der Waals surface area contributed by atoms with Gasteiger partial charge in [-0.1, -0.05) is 36.5 Å². The van der Waals surface area contributed by atoms with E-state index in [1.807, 2.05) is 0 Å². The molecule has 8 aliphatic carbocycles. The van der Waals surface area contributed by atoms with E-state index in [9.17, 15) is 9.59 Å². The highest BCUT2D eigenvalue weighted by molar-refractivity contribution is 5.98. The van der Waals surface area contributed by atoms with Crippen LogP contribution in [0.2, 0.25) is 0 Å². The second-order valence-corrected chi connectivity index (χ2v) is 9.68. The number of fused-ring (bicyclic) bond motifs is 1. The molecule has 0 aromatic heterocycles. The van der Waals surface area contributed by atoms with Crippen molar-refractivity contribution in [2.24, 2.45) is 70.0 Å². The highest BCUT2D eigenvalue weighted by Crippen LogP contribution is 2.99. The summed E-state index contributed by atoms with van der Waals surface area (Å²) in [5, 5.41) is 0. The highest BCUT2D eigenvalue weighted by Gasteiger charge is 2.96. The van der Waals surface area contributed by atoms with E-state index in [4.69, 9.17) is 4.74 Å². The van der Waals surface area contributed by atoms with Gasteiger partial charge in [-0.2, -0.15) is 0 Å². The van der Waals surface area contributed by atoms with Gasteiger partial charge in [0.25, 0.3) is 0 Å². The number of hydrogen-bond donors (Lipinski definition) is 0. The molecule has 0 N–H and O–H groups in total. The number of allylic oxidation sites excluding steroid dienone is 4. The lowest BCUT2D eigenvalue weighted by Gasteiger charge is -2.76. The maximum absolute atomic E-state index is 12.5.